The van der Waals surface area contributed by atoms with E-state index in [0.717, 1.165) is 16.9 Å². The molecule has 3 atom stereocenters. The summed E-state index contributed by atoms with van der Waals surface area (Å²) in [7, 11) is 0. The van der Waals surface area contributed by atoms with Crippen molar-refractivity contribution in [2.75, 3.05) is 6.61 Å². The number of ether oxygens (including phenoxy) is 1. The summed E-state index contributed by atoms with van der Waals surface area (Å²) >= 11 is 0. The number of carbonyl (C=O) groups excluding carboxylic acids is 2. The molecule has 5 rings (SSSR count). The lowest BCUT2D eigenvalue weighted by Gasteiger charge is -2.51. The number of likely N-dealkylation sites (tertiary alicyclic amines) is 1. The van der Waals surface area contributed by atoms with Crippen LogP contribution in [0.4, 0.5) is 4.79 Å². The molecule has 0 radical (unpaired) electrons. The lowest BCUT2D eigenvalue weighted by Crippen LogP contribution is -2.70. The number of hydrogen-bond donors (Lipinski definition) is 0. The van der Waals surface area contributed by atoms with E-state index >= 15 is 0 Å². The molecule has 6 nitrogen and oxygen atoms in total. The number of amides is 2. The SMILES string of the molecule is O=C1C(N2C(=O)OCC2c2ccccc2)C(CCc2ccco2)N1Cc1ccccc1. The van der Waals surface area contributed by atoms with Crippen molar-refractivity contribution in [3.63, 3.8) is 0 Å². The topological polar surface area (TPSA) is 63.0 Å². The van der Waals surface area contributed by atoms with E-state index in [2.05, 4.69) is 0 Å². The number of rotatable bonds is 7. The highest BCUT2D eigenvalue weighted by atomic mass is 16.6. The minimum atomic E-state index is -0.529. The van der Waals surface area contributed by atoms with Gasteiger partial charge in [0, 0.05) is 13.0 Å². The van der Waals surface area contributed by atoms with Gasteiger partial charge in [0.1, 0.15) is 18.4 Å². The Kier molecular flexibility index (Phi) is 5.20. The van der Waals surface area contributed by atoms with Gasteiger partial charge in [-0.2, -0.15) is 0 Å². The second-order valence-electron chi connectivity index (χ2n) is 7.99. The molecule has 2 amide bonds. The van der Waals surface area contributed by atoms with Gasteiger partial charge in [-0.25, -0.2) is 4.79 Å². The van der Waals surface area contributed by atoms with E-state index in [0.29, 0.717) is 19.4 Å². The first-order valence-electron chi connectivity index (χ1n) is 10.6. The van der Waals surface area contributed by atoms with Crippen molar-refractivity contribution in [3.05, 3.63) is 95.9 Å². The van der Waals surface area contributed by atoms with Crippen LogP contribution in [0.2, 0.25) is 0 Å². The molecule has 0 bridgehead atoms. The number of β-lactam (4-membered cyclic amide) rings is 1. The lowest BCUT2D eigenvalue weighted by atomic mass is 9.87. The number of carbonyl (C=O) groups is 2. The molecule has 2 fully saturated rings. The maximum Gasteiger partial charge on any atom is 0.411 e. The summed E-state index contributed by atoms with van der Waals surface area (Å²) in [5.41, 5.74) is 2.05. The fourth-order valence-corrected chi connectivity index (χ4v) is 4.60. The van der Waals surface area contributed by atoms with Crippen molar-refractivity contribution in [3.8, 4) is 0 Å². The van der Waals surface area contributed by atoms with Crippen LogP contribution in [0.1, 0.15) is 29.3 Å². The molecule has 1 aromatic heterocycles. The summed E-state index contributed by atoms with van der Waals surface area (Å²) in [5.74, 6) is 0.842. The summed E-state index contributed by atoms with van der Waals surface area (Å²) in [5, 5.41) is 0. The third kappa shape index (κ3) is 3.69. The Balaban J connectivity index is 1.41. The van der Waals surface area contributed by atoms with Gasteiger partial charge >= 0.3 is 6.09 Å². The Morgan fingerprint density at radius 1 is 0.903 bits per heavy atom. The van der Waals surface area contributed by atoms with E-state index < -0.39 is 12.1 Å². The van der Waals surface area contributed by atoms with Crippen LogP contribution in [0.25, 0.3) is 0 Å². The van der Waals surface area contributed by atoms with Gasteiger partial charge in [0.05, 0.1) is 18.3 Å². The number of nitrogens with zero attached hydrogens (tertiary/aromatic N) is 2. The molecule has 6 heteroatoms. The van der Waals surface area contributed by atoms with Crippen molar-refractivity contribution in [2.45, 2.75) is 37.5 Å². The van der Waals surface area contributed by atoms with Crippen LogP contribution < -0.4 is 0 Å². The second kappa shape index (κ2) is 8.30. The highest BCUT2D eigenvalue weighted by Crippen LogP contribution is 2.38. The van der Waals surface area contributed by atoms with Crippen LogP contribution in [0.5, 0.6) is 0 Å². The molecule has 3 aromatic rings. The largest absolute Gasteiger partial charge is 0.469 e. The molecule has 2 aromatic carbocycles. The van der Waals surface area contributed by atoms with Gasteiger partial charge in [-0.05, 0) is 29.7 Å². The van der Waals surface area contributed by atoms with Crippen LogP contribution in [0, 0.1) is 0 Å². The zero-order valence-electron chi connectivity index (χ0n) is 17.1. The molecule has 2 aliphatic heterocycles. The van der Waals surface area contributed by atoms with E-state index in [4.69, 9.17) is 9.15 Å². The minimum Gasteiger partial charge on any atom is -0.469 e. The summed E-state index contributed by atoms with van der Waals surface area (Å²) in [6, 6.07) is 22.6. The number of hydrogen-bond acceptors (Lipinski definition) is 4. The molecule has 31 heavy (non-hydrogen) atoms. The molecule has 158 valence electrons. The molecule has 3 heterocycles. The van der Waals surface area contributed by atoms with Gasteiger partial charge in [0.2, 0.25) is 5.91 Å². The van der Waals surface area contributed by atoms with Crippen LogP contribution in [0.15, 0.2) is 83.5 Å². The zero-order valence-corrected chi connectivity index (χ0v) is 17.1. The Hall–Kier alpha value is -3.54. The third-order valence-corrected chi connectivity index (χ3v) is 6.16. The normalized spacial score (nSPS) is 23.0. The van der Waals surface area contributed by atoms with Crippen LogP contribution in [-0.2, 0) is 22.5 Å². The summed E-state index contributed by atoms with van der Waals surface area (Å²) < 4.78 is 10.9. The quantitative estimate of drug-likeness (QED) is 0.542. The van der Waals surface area contributed by atoms with Crippen molar-refractivity contribution in [2.24, 2.45) is 0 Å². The average molecular weight is 416 g/mol. The van der Waals surface area contributed by atoms with Crippen LogP contribution in [-0.4, -0.2) is 40.5 Å². The van der Waals surface area contributed by atoms with E-state index in [-0.39, 0.29) is 24.6 Å². The Labute approximate surface area is 181 Å². The first-order chi connectivity index (χ1) is 15.2. The Morgan fingerprint density at radius 2 is 1.65 bits per heavy atom. The van der Waals surface area contributed by atoms with Gasteiger partial charge in [-0.15, -0.1) is 0 Å². The molecule has 0 spiro atoms. The molecule has 0 aliphatic carbocycles. The second-order valence-corrected chi connectivity index (χ2v) is 7.99. The number of aryl methyl sites for hydroxylation is 1. The molecule has 3 unspecified atom stereocenters. The Morgan fingerprint density at radius 3 is 2.35 bits per heavy atom. The minimum absolute atomic E-state index is 0.0342. The summed E-state index contributed by atoms with van der Waals surface area (Å²) in [4.78, 5) is 29.5. The van der Waals surface area contributed by atoms with Crippen molar-refractivity contribution < 1.29 is 18.7 Å². The fourth-order valence-electron chi connectivity index (χ4n) is 4.60. The maximum atomic E-state index is 13.3. The van der Waals surface area contributed by atoms with Gasteiger partial charge in [0.25, 0.3) is 0 Å². The van der Waals surface area contributed by atoms with Crippen LogP contribution >= 0.6 is 0 Å². The highest BCUT2D eigenvalue weighted by Gasteiger charge is 2.55. The predicted molar refractivity (Wildman–Crippen MR) is 114 cm³/mol. The number of benzene rings is 2. The van der Waals surface area contributed by atoms with Gasteiger partial charge in [-0.3, -0.25) is 9.69 Å². The van der Waals surface area contributed by atoms with E-state index in [1.54, 1.807) is 11.2 Å². The number of furan rings is 1. The highest BCUT2D eigenvalue weighted by molar-refractivity contribution is 5.93. The van der Waals surface area contributed by atoms with Crippen molar-refractivity contribution in [1.29, 1.82) is 0 Å². The van der Waals surface area contributed by atoms with Crippen molar-refractivity contribution >= 4 is 12.0 Å². The molecule has 0 saturated carbocycles. The maximum absolute atomic E-state index is 13.3. The fraction of sp³-hybridized carbons (Fsp3) is 0.280. The Bertz CT molecular complexity index is 1040. The average Bonchev–Trinajstić information content (AvgIpc) is 3.46. The summed E-state index contributed by atoms with van der Waals surface area (Å²) in [6.45, 7) is 0.786. The van der Waals surface area contributed by atoms with Crippen molar-refractivity contribution in [1.82, 2.24) is 9.80 Å². The first kappa shape index (κ1) is 19.4. The molecular weight excluding hydrogens is 392 g/mol. The standard InChI is InChI=1S/C25H24N2O4/c28-24-23(27-22(17-31-25(27)29)19-10-5-2-6-11-19)21(14-13-20-12-7-15-30-20)26(24)16-18-8-3-1-4-9-18/h1-12,15,21-23H,13-14,16-17H2. The lowest BCUT2D eigenvalue weighted by molar-refractivity contribution is -0.159. The van der Waals surface area contributed by atoms with Gasteiger partial charge in [0.15, 0.2) is 0 Å². The first-order valence-corrected chi connectivity index (χ1v) is 10.6. The van der Waals surface area contributed by atoms with E-state index in [1.807, 2.05) is 77.7 Å². The predicted octanol–water partition coefficient (Wildman–Crippen LogP) is 4.19. The molecule has 2 saturated heterocycles. The van der Waals surface area contributed by atoms with Gasteiger partial charge in [-0.1, -0.05) is 60.7 Å². The molecular formula is C25H24N2O4. The van der Waals surface area contributed by atoms with E-state index in [9.17, 15) is 9.59 Å². The summed E-state index contributed by atoms with van der Waals surface area (Å²) in [6.07, 6.45) is 2.65. The third-order valence-electron chi connectivity index (χ3n) is 6.16. The smallest absolute Gasteiger partial charge is 0.411 e. The van der Waals surface area contributed by atoms with E-state index in [1.165, 1.54) is 0 Å². The molecule has 0 N–H and O–H groups in total. The zero-order chi connectivity index (χ0) is 21.2. The van der Waals surface area contributed by atoms with Crippen LogP contribution in [0.3, 0.4) is 0 Å². The van der Waals surface area contributed by atoms with Gasteiger partial charge < -0.3 is 14.1 Å². The molecule has 2 aliphatic rings. The monoisotopic (exact) mass is 416 g/mol. The number of cyclic esters (lactones) is 1.